The molecule has 2 rings (SSSR count). The maximum atomic E-state index is 10.7. The lowest BCUT2D eigenvalue weighted by molar-refractivity contribution is -0.135. The normalized spacial score (nSPS) is 24.0. The molecule has 5 heteroatoms. The molecule has 0 amide bonds. The van der Waals surface area contributed by atoms with Crippen LogP contribution in [0.3, 0.4) is 0 Å². The van der Waals surface area contributed by atoms with Crippen molar-refractivity contribution in [2.75, 3.05) is 7.11 Å². The summed E-state index contributed by atoms with van der Waals surface area (Å²) >= 11 is 0. The second-order valence-electron chi connectivity index (χ2n) is 8.99. The summed E-state index contributed by atoms with van der Waals surface area (Å²) in [6, 6.07) is 7.92. The van der Waals surface area contributed by atoms with Gasteiger partial charge in [0, 0.05) is 0 Å². The molecule has 170 valence electrons. The minimum absolute atomic E-state index is 0.0449. The van der Waals surface area contributed by atoms with Crippen LogP contribution < -0.4 is 4.74 Å². The monoisotopic (exact) mass is 442 g/mol. The molecule has 0 spiro atoms. The standard InChI is InChI=1S/C26H38O4Si/c1-6-24-26(29-20-21-15-17-22(28-2)18-16-21)14-10-9-13-25(30-24)23(27)12-8-7-11-19-31(3,4)5/h7-10,15-18,23-27H,6,12-14,20H2,1-5H3/b8-7+,10-9-/t23-,24-,25-,26-/m1/s1. The molecule has 31 heavy (non-hydrogen) atoms. The van der Waals surface area contributed by atoms with Gasteiger partial charge in [-0.05, 0) is 49.5 Å². The van der Waals surface area contributed by atoms with Gasteiger partial charge < -0.3 is 19.3 Å². The van der Waals surface area contributed by atoms with Gasteiger partial charge in [0.15, 0.2) is 0 Å². The molecule has 0 aliphatic carbocycles. The fourth-order valence-corrected chi connectivity index (χ4v) is 3.88. The molecule has 1 heterocycles. The van der Waals surface area contributed by atoms with Crippen molar-refractivity contribution in [3.8, 4) is 17.2 Å². The van der Waals surface area contributed by atoms with Crippen LogP contribution in [-0.2, 0) is 16.1 Å². The zero-order valence-corrected chi connectivity index (χ0v) is 20.6. The largest absolute Gasteiger partial charge is 0.497 e. The molecule has 1 aliphatic rings. The van der Waals surface area contributed by atoms with Crippen molar-refractivity contribution in [1.82, 2.24) is 0 Å². The van der Waals surface area contributed by atoms with Crippen molar-refractivity contribution < 1.29 is 19.3 Å². The Morgan fingerprint density at radius 1 is 1.19 bits per heavy atom. The molecule has 1 aliphatic heterocycles. The first-order valence-corrected chi connectivity index (χ1v) is 14.7. The van der Waals surface area contributed by atoms with E-state index >= 15 is 0 Å². The fourth-order valence-electron chi connectivity index (χ4n) is 3.36. The average Bonchev–Trinajstić information content (AvgIpc) is 2.72. The summed E-state index contributed by atoms with van der Waals surface area (Å²) in [7, 11) is 0.297. The zero-order chi connectivity index (χ0) is 22.7. The van der Waals surface area contributed by atoms with Gasteiger partial charge in [0.05, 0.1) is 38.1 Å². The average molecular weight is 443 g/mol. The second kappa shape index (κ2) is 12.9. The molecule has 0 radical (unpaired) electrons. The van der Waals surface area contributed by atoms with Crippen LogP contribution in [0.1, 0.15) is 38.2 Å². The third kappa shape index (κ3) is 9.45. The molecular formula is C26H38O4Si. The highest BCUT2D eigenvalue weighted by atomic mass is 28.3. The van der Waals surface area contributed by atoms with E-state index in [9.17, 15) is 5.11 Å². The van der Waals surface area contributed by atoms with E-state index in [1.807, 2.05) is 36.4 Å². The van der Waals surface area contributed by atoms with Gasteiger partial charge in [0.1, 0.15) is 13.8 Å². The number of hydrogen-bond donors (Lipinski definition) is 1. The topological polar surface area (TPSA) is 47.9 Å². The molecule has 0 fully saturated rings. The van der Waals surface area contributed by atoms with Crippen molar-refractivity contribution in [2.24, 2.45) is 0 Å². The molecule has 1 aromatic carbocycles. The highest BCUT2D eigenvalue weighted by molar-refractivity contribution is 6.83. The number of ether oxygens (including phenoxy) is 3. The third-order valence-electron chi connectivity index (χ3n) is 5.15. The van der Waals surface area contributed by atoms with Crippen LogP contribution in [0.4, 0.5) is 0 Å². The Bertz CT molecular complexity index is 767. The van der Waals surface area contributed by atoms with Gasteiger partial charge in [-0.1, -0.05) is 62.8 Å². The van der Waals surface area contributed by atoms with Gasteiger partial charge in [-0.2, -0.15) is 0 Å². The number of benzene rings is 1. The van der Waals surface area contributed by atoms with E-state index in [2.05, 4.69) is 50.2 Å². The van der Waals surface area contributed by atoms with Crippen LogP contribution >= 0.6 is 0 Å². The van der Waals surface area contributed by atoms with Crippen molar-refractivity contribution in [1.29, 1.82) is 0 Å². The lowest BCUT2D eigenvalue weighted by atomic mass is 10.0. The van der Waals surface area contributed by atoms with Crippen molar-refractivity contribution >= 4 is 8.07 Å². The number of aliphatic hydroxyl groups excluding tert-OH is 1. The van der Waals surface area contributed by atoms with Crippen LogP contribution in [-0.4, -0.2) is 44.7 Å². The Hall–Kier alpha value is -1.84. The van der Waals surface area contributed by atoms with E-state index in [-0.39, 0.29) is 18.3 Å². The summed E-state index contributed by atoms with van der Waals surface area (Å²) in [5, 5.41) is 10.7. The zero-order valence-electron chi connectivity index (χ0n) is 19.6. The quantitative estimate of drug-likeness (QED) is 0.338. The number of aliphatic hydroxyl groups is 1. The molecule has 0 saturated heterocycles. The maximum absolute atomic E-state index is 10.7. The summed E-state index contributed by atoms with van der Waals surface area (Å²) in [5.74, 6) is 3.95. The highest BCUT2D eigenvalue weighted by Crippen LogP contribution is 2.23. The van der Waals surface area contributed by atoms with Crippen LogP contribution in [0.2, 0.25) is 19.6 Å². The van der Waals surface area contributed by atoms with E-state index in [1.165, 1.54) is 0 Å². The van der Waals surface area contributed by atoms with Crippen molar-refractivity contribution in [2.45, 2.75) is 83.3 Å². The summed E-state index contributed by atoms with van der Waals surface area (Å²) in [6.07, 6.45) is 10.0. The Morgan fingerprint density at radius 3 is 2.55 bits per heavy atom. The molecule has 4 nitrogen and oxygen atoms in total. The molecule has 0 saturated carbocycles. The molecular weight excluding hydrogens is 404 g/mol. The lowest BCUT2D eigenvalue weighted by Gasteiger charge is -2.33. The molecule has 0 aromatic heterocycles. The summed E-state index contributed by atoms with van der Waals surface area (Å²) in [4.78, 5) is 0. The SMILES string of the molecule is CC[C@H]1O[C@@H]([C@H](O)C/C=C/C#C[Si](C)(C)C)C/C=C\C[C@H]1OCc1ccc(OC)cc1. The molecule has 1 N–H and O–H groups in total. The Labute approximate surface area is 189 Å². The smallest absolute Gasteiger partial charge is 0.129 e. The Balaban J connectivity index is 1.93. The van der Waals surface area contributed by atoms with Crippen LogP contribution in [0, 0.1) is 11.5 Å². The van der Waals surface area contributed by atoms with Gasteiger partial charge >= 0.3 is 0 Å². The van der Waals surface area contributed by atoms with Gasteiger partial charge in [-0.15, -0.1) is 5.54 Å². The lowest BCUT2D eigenvalue weighted by Crippen LogP contribution is -2.39. The van der Waals surface area contributed by atoms with Gasteiger partial charge in [0.25, 0.3) is 0 Å². The molecule has 1 aromatic rings. The second-order valence-corrected chi connectivity index (χ2v) is 13.7. The number of hydrogen-bond acceptors (Lipinski definition) is 4. The van der Waals surface area contributed by atoms with Crippen molar-refractivity contribution in [3.63, 3.8) is 0 Å². The fraction of sp³-hybridized carbons (Fsp3) is 0.538. The molecule has 0 unspecified atom stereocenters. The minimum Gasteiger partial charge on any atom is -0.497 e. The Kier molecular flexibility index (Phi) is 10.6. The van der Waals surface area contributed by atoms with Gasteiger partial charge in [-0.25, -0.2) is 0 Å². The van der Waals surface area contributed by atoms with E-state index in [4.69, 9.17) is 14.2 Å². The number of allylic oxidation sites excluding steroid dienone is 1. The minimum atomic E-state index is -1.37. The molecule has 0 bridgehead atoms. The van der Waals surface area contributed by atoms with E-state index in [1.54, 1.807) is 7.11 Å². The number of rotatable bonds is 8. The van der Waals surface area contributed by atoms with Gasteiger partial charge in [0.2, 0.25) is 0 Å². The Morgan fingerprint density at radius 2 is 1.90 bits per heavy atom. The first-order valence-electron chi connectivity index (χ1n) is 11.2. The summed E-state index contributed by atoms with van der Waals surface area (Å²) in [5.41, 5.74) is 4.40. The van der Waals surface area contributed by atoms with Crippen molar-refractivity contribution in [3.05, 3.63) is 54.1 Å². The number of methoxy groups -OCH3 is 1. The highest BCUT2D eigenvalue weighted by Gasteiger charge is 2.28. The van der Waals surface area contributed by atoms with Crippen LogP contribution in [0.5, 0.6) is 5.75 Å². The van der Waals surface area contributed by atoms with E-state index < -0.39 is 14.2 Å². The first-order chi connectivity index (χ1) is 14.8. The third-order valence-corrected chi connectivity index (χ3v) is 6.04. The van der Waals surface area contributed by atoms with E-state index in [0.717, 1.165) is 24.2 Å². The predicted octanol–water partition coefficient (Wildman–Crippen LogP) is 5.28. The summed E-state index contributed by atoms with van der Waals surface area (Å²) in [6.45, 7) is 9.28. The summed E-state index contributed by atoms with van der Waals surface area (Å²) < 4.78 is 17.8. The maximum Gasteiger partial charge on any atom is 0.129 e. The van der Waals surface area contributed by atoms with Crippen LogP contribution in [0.15, 0.2) is 48.6 Å². The van der Waals surface area contributed by atoms with E-state index in [0.29, 0.717) is 19.4 Å². The molecule has 4 atom stereocenters. The van der Waals surface area contributed by atoms with Crippen LogP contribution in [0.25, 0.3) is 0 Å². The van der Waals surface area contributed by atoms with Gasteiger partial charge in [-0.3, -0.25) is 0 Å². The predicted molar refractivity (Wildman–Crippen MR) is 130 cm³/mol. The first kappa shape index (κ1) is 25.4.